The Hall–Kier alpha value is -1.27. The van der Waals surface area contributed by atoms with E-state index in [1.54, 1.807) is 18.4 Å². The van der Waals surface area contributed by atoms with Gasteiger partial charge in [-0.05, 0) is 24.3 Å². The van der Waals surface area contributed by atoms with E-state index in [0.717, 1.165) is 4.88 Å². The Bertz CT molecular complexity index is 450. The number of aliphatic hydroxyl groups excluding tert-OH is 1. The van der Waals surface area contributed by atoms with Crippen molar-refractivity contribution < 1.29 is 5.11 Å². The lowest BCUT2D eigenvalue weighted by molar-refractivity contribution is 0.179. The predicted molar refractivity (Wildman–Crippen MR) is 56.5 cm³/mol. The minimum absolute atomic E-state index is 0.411. The number of aromatic nitrogens is 4. The molecule has 0 fully saturated rings. The second kappa shape index (κ2) is 4.08. The number of thiophene rings is 1. The molecule has 0 bridgehead atoms. The largest absolute Gasteiger partial charge is 0.387 e. The van der Waals surface area contributed by atoms with Crippen molar-refractivity contribution in [3.63, 3.8) is 0 Å². The molecule has 1 N–H and O–H groups in total. The Morgan fingerprint density at radius 2 is 2.33 bits per heavy atom. The maximum absolute atomic E-state index is 9.89. The number of hydrogen-bond acceptors (Lipinski definition) is 5. The van der Waals surface area contributed by atoms with E-state index in [0.29, 0.717) is 12.2 Å². The first-order valence-corrected chi connectivity index (χ1v) is 5.44. The molecule has 2 rings (SSSR count). The summed E-state index contributed by atoms with van der Waals surface area (Å²) < 4.78 is 0. The van der Waals surface area contributed by atoms with E-state index in [-0.39, 0.29) is 0 Å². The summed E-state index contributed by atoms with van der Waals surface area (Å²) in [5.74, 6) is 0.566. The van der Waals surface area contributed by atoms with Gasteiger partial charge in [0, 0.05) is 16.2 Å². The van der Waals surface area contributed by atoms with E-state index in [1.807, 2.05) is 19.1 Å². The number of aliphatic hydroxyl groups is 1. The van der Waals surface area contributed by atoms with Crippen LogP contribution in [0.25, 0.3) is 0 Å². The number of nitrogens with zero attached hydrogens (tertiary/aromatic N) is 4. The van der Waals surface area contributed by atoms with Crippen LogP contribution in [0.5, 0.6) is 0 Å². The fraction of sp³-hybridized carbons (Fsp3) is 0.444. The SMILES string of the molecule is Cc1ccc(C(O)Cc2nnn(C)n2)s1. The fourth-order valence-corrected chi connectivity index (χ4v) is 2.17. The van der Waals surface area contributed by atoms with Crippen molar-refractivity contribution in [2.24, 2.45) is 7.05 Å². The van der Waals surface area contributed by atoms with Gasteiger partial charge in [0.2, 0.25) is 0 Å². The van der Waals surface area contributed by atoms with Gasteiger partial charge in [-0.15, -0.1) is 21.5 Å². The van der Waals surface area contributed by atoms with Crippen LogP contribution in [0.4, 0.5) is 0 Å². The molecule has 0 spiro atoms. The Labute approximate surface area is 91.4 Å². The highest BCUT2D eigenvalue weighted by atomic mass is 32.1. The average molecular weight is 224 g/mol. The minimum Gasteiger partial charge on any atom is -0.387 e. The van der Waals surface area contributed by atoms with Crippen LogP contribution < -0.4 is 0 Å². The second-order valence-corrected chi connectivity index (χ2v) is 4.68. The lowest BCUT2D eigenvalue weighted by Crippen LogP contribution is -2.02. The van der Waals surface area contributed by atoms with Gasteiger partial charge < -0.3 is 5.11 Å². The highest BCUT2D eigenvalue weighted by Gasteiger charge is 2.13. The monoisotopic (exact) mass is 224 g/mol. The van der Waals surface area contributed by atoms with Gasteiger partial charge in [-0.1, -0.05) is 0 Å². The zero-order chi connectivity index (χ0) is 10.8. The standard InChI is InChI=1S/C9H12N4OS/c1-6-3-4-8(15-6)7(14)5-9-10-12-13(2)11-9/h3-4,7,14H,5H2,1-2H3. The molecule has 0 radical (unpaired) electrons. The Morgan fingerprint density at radius 1 is 1.53 bits per heavy atom. The zero-order valence-corrected chi connectivity index (χ0v) is 9.40. The van der Waals surface area contributed by atoms with Crippen molar-refractivity contribution in [1.82, 2.24) is 20.2 Å². The molecule has 5 nitrogen and oxygen atoms in total. The summed E-state index contributed by atoms with van der Waals surface area (Å²) in [7, 11) is 1.71. The summed E-state index contributed by atoms with van der Waals surface area (Å²) in [5.41, 5.74) is 0. The fourth-order valence-electron chi connectivity index (χ4n) is 1.31. The number of rotatable bonds is 3. The van der Waals surface area contributed by atoms with Crippen molar-refractivity contribution in [3.8, 4) is 0 Å². The van der Waals surface area contributed by atoms with Crippen LogP contribution in [0.3, 0.4) is 0 Å². The topological polar surface area (TPSA) is 63.8 Å². The summed E-state index contributed by atoms with van der Waals surface area (Å²) in [6.07, 6.45) is -0.124. The molecule has 0 aliphatic carbocycles. The third-order valence-electron chi connectivity index (χ3n) is 2.02. The van der Waals surface area contributed by atoms with Crippen LogP contribution in [-0.2, 0) is 13.5 Å². The normalized spacial score (nSPS) is 13.0. The minimum atomic E-state index is -0.534. The molecular formula is C9H12N4OS. The predicted octanol–water partition coefficient (Wildman–Crippen LogP) is 0.856. The Kier molecular flexibility index (Phi) is 2.79. The van der Waals surface area contributed by atoms with Crippen molar-refractivity contribution in [2.75, 3.05) is 0 Å². The first-order valence-electron chi connectivity index (χ1n) is 4.62. The van der Waals surface area contributed by atoms with Crippen molar-refractivity contribution in [1.29, 1.82) is 0 Å². The molecule has 2 heterocycles. The van der Waals surface area contributed by atoms with Gasteiger partial charge in [0.05, 0.1) is 13.2 Å². The van der Waals surface area contributed by atoms with Crippen LogP contribution in [0, 0.1) is 6.92 Å². The first kappa shape index (κ1) is 10.3. The Morgan fingerprint density at radius 3 is 2.87 bits per heavy atom. The van der Waals surface area contributed by atoms with E-state index < -0.39 is 6.10 Å². The van der Waals surface area contributed by atoms with Crippen molar-refractivity contribution >= 4 is 11.3 Å². The van der Waals surface area contributed by atoms with Gasteiger partial charge in [-0.3, -0.25) is 0 Å². The maximum Gasteiger partial charge on any atom is 0.177 e. The zero-order valence-electron chi connectivity index (χ0n) is 8.58. The van der Waals surface area contributed by atoms with Crippen molar-refractivity contribution in [3.05, 3.63) is 27.7 Å². The quantitative estimate of drug-likeness (QED) is 0.839. The van der Waals surface area contributed by atoms with Crippen LogP contribution in [0.2, 0.25) is 0 Å². The van der Waals surface area contributed by atoms with Crippen LogP contribution in [0.15, 0.2) is 12.1 Å². The molecular weight excluding hydrogens is 212 g/mol. The molecule has 1 unspecified atom stereocenters. The number of aryl methyl sites for hydroxylation is 2. The van der Waals surface area contributed by atoms with Crippen LogP contribution >= 0.6 is 11.3 Å². The molecule has 1 atom stereocenters. The molecule has 80 valence electrons. The van der Waals surface area contributed by atoms with Gasteiger partial charge in [-0.2, -0.15) is 4.80 Å². The summed E-state index contributed by atoms with van der Waals surface area (Å²) >= 11 is 1.59. The summed E-state index contributed by atoms with van der Waals surface area (Å²) in [5, 5.41) is 21.5. The van der Waals surface area contributed by atoms with E-state index >= 15 is 0 Å². The van der Waals surface area contributed by atoms with E-state index in [9.17, 15) is 5.11 Å². The highest BCUT2D eigenvalue weighted by Crippen LogP contribution is 2.24. The third-order valence-corrected chi connectivity index (χ3v) is 3.12. The molecule has 2 aromatic heterocycles. The summed E-state index contributed by atoms with van der Waals surface area (Å²) in [6, 6.07) is 3.92. The third kappa shape index (κ3) is 2.40. The van der Waals surface area contributed by atoms with Gasteiger partial charge in [0.15, 0.2) is 5.82 Å². The molecule has 0 amide bonds. The number of tetrazole rings is 1. The molecule has 0 saturated heterocycles. The van der Waals surface area contributed by atoms with E-state index in [1.165, 1.54) is 9.67 Å². The van der Waals surface area contributed by atoms with Gasteiger partial charge in [-0.25, -0.2) is 0 Å². The lowest BCUT2D eigenvalue weighted by Gasteiger charge is -2.03. The second-order valence-electron chi connectivity index (χ2n) is 3.36. The molecule has 6 heteroatoms. The molecule has 0 aliphatic heterocycles. The molecule has 0 aromatic carbocycles. The first-order chi connectivity index (χ1) is 7.15. The van der Waals surface area contributed by atoms with Crippen molar-refractivity contribution in [2.45, 2.75) is 19.4 Å². The lowest BCUT2D eigenvalue weighted by atomic mass is 10.2. The molecule has 2 aromatic rings. The molecule has 0 saturated carbocycles. The molecule has 0 aliphatic rings. The van der Waals surface area contributed by atoms with Gasteiger partial charge in [0.1, 0.15) is 0 Å². The van der Waals surface area contributed by atoms with Gasteiger partial charge in [0.25, 0.3) is 0 Å². The molecule has 15 heavy (non-hydrogen) atoms. The van der Waals surface area contributed by atoms with Gasteiger partial charge >= 0.3 is 0 Å². The number of hydrogen-bond donors (Lipinski definition) is 1. The smallest absolute Gasteiger partial charge is 0.177 e. The van der Waals surface area contributed by atoms with E-state index in [2.05, 4.69) is 15.4 Å². The van der Waals surface area contributed by atoms with Crippen LogP contribution in [-0.4, -0.2) is 25.3 Å². The Balaban J connectivity index is 2.06. The van der Waals surface area contributed by atoms with Crippen LogP contribution in [0.1, 0.15) is 21.7 Å². The average Bonchev–Trinajstić information content (AvgIpc) is 2.75. The maximum atomic E-state index is 9.89. The highest BCUT2D eigenvalue weighted by molar-refractivity contribution is 7.12. The summed E-state index contributed by atoms with van der Waals surface area (Å²) in [6.45, 7) is 2.02. The van der Waals surface area contributed by atoms with E-state index in [4.69, 9.17) is 0 Å². The summed E-state index contributed by atoms with van der Waals surface area (Å²) in [4.78, 5) is 3.53.